The van der Waals surface area contributed by atoms with Crippen LogP contribution in [-0.2, 0) is 16.8 Å². The number of likely N-dealkylation sites (N-methyl/N-ethyl adjacent to an activating group) is 1. The third kappa shape index (κ3) is 3.29. The van der Waals surface area contributed by atoms with Gasteiger partial charge >= 0.3 is 0 Å². The van der Waals surface area contributed by atoms with Crippen molar-refractivity contribution in [3.05, 3.63) is 69.7 Å². The van der Waals surface area contributed by atoms with Crippen molar-refractivity contribution in [2.45, 2.75) is 30.8 Å². The normalized spacial score (nSPS) is 19.8. The molecule has 28 heavy (non-hydrogen) atoms. The Morgan fingerprint density at radius 3 is 2.75 bits per heavy atom. The van der Waals surface area contributed by atoms with E-state index >= 15 is 0 Å². The number of nitrogens with two attached hydrogens (primary N) is 1. The molecular weight excluding hydrogens is 374 g/mol. The molecule has 1 atom stereocenters. The lowest BCUT2D eigenvalue weighted by atomic mass is 9.93. The monoisotopic (exact) mass is 396 g/mol. The summed E-state index contributed by atoms with van der Waals surface area (Å²) in [5.41, 5.74) is 9.01. The largest absolute Gasteiger partial charge is 0.368 e. The predicted molar refractivity (Wildman–Crippen MR) is 108 cm³/mol. The second-order valence-corrected chi connectivity index (χ2v) is 8.54. The maximum Gasteiger partial charge on any atom is 0.256 e. The van der Waals surface area contributed by atoms with Crippen molar-refractivity contribution in [2.75, 3.05) is 20.6 Å². The number of benzene rings is 2. The van der Waals surface area contributed by atoms with Crippen molar-refractivity contribution in [2.24, 2.45) is 5.73 Å². The van der Waals surface area contributed by atoms with E-state index in [9.17, 15) is 9.59 Å². The number of amides is 2. The van der Waals surface area contributed by atoms with E-state index in [0.29, 0.717) is 22.7 Å². The molecule has 145 valence electrons. The summed E-state index contributed by atoms with van der Waals surface area (Å²) in [7, 11) is 4.17. The number of primary amides is 1. The second kappa shape index (κ2) is 6.90. The zero-order chi connectivity index (χ0) is 20.1. The van der Waals surface area contributed by atoms with Gasteiger partial charge in [0.25, 0.3) is 5.91 Å². The third-order valence-corrected chi connectivity index (χ3v) is 5.87. The van der Waals surface area contributed by atoms with Crippen LogP contribution in [0.1, 0.15) is 45.9 Å². The van der Waals surface area contributed by atoms with Gasteiger partial charge in [0, 0.05) is 23.5 Å². The van der Waals surface area contributed by atoms with Gasteiger partial charge in [-0.3, -0.25) is 9.59 Å². The molecular formula is C22H23ClN3O2. The summed E-state index contributed by atoms with van der Waals surface area (Å²) in [4.78, 5) is 28.8. The summed E-state index contributed by atoms with van der Waals surface area (Å²) in [5.74, 6) is -0.805. The Hall–Kier alpha value is -2.37. The van der Waals surface area contributed by atoms with Crippen LogP contribution in [0.5, 0.6) is 0 Å². The van der Waals surface area contributed by atoms with Crippen LogP contribution in [0.4, 0.5) is 0 Å². The number of hydrogen-bond acceptors (Lipinski definition) is 3. The van der Waals surface area contributed by atoms with E-state index in [-0.39, 0.29) is 11.3 Å². The van der Waals surface area contributed by atoms with Gasteiger partial charge < -0.3 is 15.5 Å². The van der Waals surface area contributed by atoms with E-state index in [2.05, 4.69) is 37.2 Å². The molecule has 1 fully saturated rings. The van der Waals surface area contributed by atoms with Gasteiger partial charge in [-0.25, -0.2) is 0 Å². The lowest BCUT2D eigenvalue weighted by Gasteiger charge is -2.25. The van der Waals surface area contributed by atoms with E-state index < -0.39 is 11.9 Å². The molecule has 2 aliphatic rings. The average Bonchev–Trinajstić information content (AvgIpc) is 3.35. The molecule has 2 aromatic rings. The quantitative estimate of drug-likeness (QED) is 0.816. The van der Waals surface area contributed by atoms with Crippen LogP contribution >= 0.6 is 11.6 Å². The number of halogens is 1. The summed E-state index contributed by atoms with van der Waals surface area (Å²) in [5, 5.41) is 0.431. The minimum atomic E-state index is -0.822. The summed E-state index contributed by atoms with van der Waals surface area (Å²) in [6.07, 6.45) is 2.33. The first-order valence-corrected chi connectivity index (χ1v) is 9.74. The van der Waals surface area contributed by atoms with E-state index in [1.807, 2.05) is 12.1 Å². The number of fused-ring (bicyclic) bond motifs is 1. The van der Waals surface area contributed by atoms with Gasteiger partial charge in [-0.15, -0.1) is 0 Å². The topological polar surface area (TPSA) is 66.6 Å². The first kappa shape index (κ1) is 19.0. The van der Waals surface area contributed by atoms with Crippen molar-refractivity contribution in [3.63, 3.8) is 0 Å². The number of hydrogen-bond donors (Lipinski definition) is 1. The number of rotatable bonds is 6. The first-order chi connectivity index (χ1) is 13.3. The lowest BCUT2D eigenvalue weighted by Crippen LogP contribution is -2.35. The maximum atomic E-state index is 12.9. The molecule has 1 saturated carbocycles. The molecule has 0 saturated heterocycles. The molecule has 1 aliphatic carbocycles. The highest BCUT2D eigenvalue weighted by Gasteiger charge is 2.45. The van der Waals surface area contributed by atoms with Gasteiger partial charge in [0.15, 0.2) is 0 Å². The molecule has 4 rings (SSSR count). The Balaban J connectivity index is 1.63. The molecule has 2 N–H and O–H groups in total. The number of nitrogens with zero attached hydrogens (tertiary/aromatic N) is 2. The van der Waals surface area contributed by atoms with Crippen LogP contribution in [0, 0.1) is 6.07 Å². The highest BCUT2D eigenvalue weighted by atomic mass is 35.5. The highest BCUT2D eigenvalue weighted by Crippen LogP contribution is 2.48. The van der Waals surface area contributed by atoms with Crippen LogP contribution in [0.25, 0.3) is 0 Å². The fraction of sp³-hybridized carbons (Fsp3) is 0.364. The summed E-state index contributed by atoms with van der Waals surface area (Å²) in [6.45, 7) is 1.32. The van der Waals surface area contributed by atoms with Crippen LogP contribution in [-0.4, -0.2) is 42.3 Å². The van der Waals surface area contributed by atoms with Gasteiger partial charge in [-0.2, -0.15) is 0 Å². The fourth-order valence-electron chi connectivity index (χ4n) is 4.28. The smallest absolute Gasteiger partial charge is 0.256 e. The van der Waals surface area contributed by atoms with Gasteiger partial charge in [0.2, 0.25) is 5.91 Å². The van der Waals surface area contributed by atoms with Crippen molar-refractivity contribution in [3.8, 4) is 0 Å². The van der Waals surface area contributed by atoms with E-state index in [0.717, 1.165) is 12.1 Å². The molecule has 1 unspecified atom stereocenters. The zero-order valence-corrected chi connectivity index (χ0v) is 16.8. The molecule has 5 nitrogen and oxygen atoms in total. The first-order valence-electron chi connectivity index (χ1n) is 9.36. The molecule has 0 aromatic heterocycles. The van der Waals surface area contributed by atoms with Gasteiger partial charge in [0.05, 0.1) is 5.56 Å². The Morgan fingerprint density at radius 2 is 2.11 bits per heavy atom. The van der Waals surface area contributed by atoms with Crippen molar-refractivity contribution in [1.82, 2.24) is 9.80 Å². The second-order valence-electron chi connectivity index (χ2n) is 8.10. The van der Waals surface area contributed by atoms with Crippen molar-refractivity contribution in [1.29, 1.82) is 0 Å². The molecule has 1 aliphatic heterocycles. The van der Waals surface area contributed by atoms with E-state index in [1.165, 1.54) is 23.3 Å². The van der Waals surface area contributed by atoms with E-state index in [1.54, 1.807) is 12.1 Å². The molecule has 0 bridgehead atoms. The van der Waals surface area contributed by atoms with Gasteiger partial charge in [-0.05, 0) is 61.8 Å². The SMILES string of the molecule is CN(C)CC1(c2cccc(CN3C(=O)c4[c]cc(Cl)cc4C3C(N)=O)c2)CC1. The number of carbonyl (C=O) groups is 2. The van der Waals surface area contributed by atoms with Crippen LogP contribution in [0.3, 0.4) is 0 Å². The Bertz CT molecular complexity index is 953. The summed E-state index contributed by atoms with van der Waals surface area (Å²) in [6, 6.07) is 13.6. The molecule has 6 heteroatoms. The van der Waals surface area contributed by atoms with Crippen LogP contribution in [0.2, 0.25) is 5.02 Å². The molecule has 0 spiro atoms. The lowest BCUT2D eigenvalue weighted by molar-refractivity contribution is -0.122. The van der Waals surface area contributed by atoms with Crippen LogP contribution < -0.4 is 5.73 Å². The van der Waals surface area contributed by atoms with Crippen molar-refractivity contribution < 1.29 is 9.59 Å². The highest BCUT2D eigenvalue weighted by molar-refractivity contribution is 6.30. The summed E-state index contributed by atoms with van der Waals surface area (Å²) >= 11 is 6.05. The predicted octanol–water partition coefficient (Wildman–Crippen LogP) is 2.92. The third-order valence-electron chi connectivity index (χ3n) is 5.65. The Labute approximate surface area is 170 Å². The van der Waals surface area contributed by atoms with Gasteiger partial charge in [0.1, 0.15) is 6.04 Å². The molecule has 2 aromatic carbocycles. The standard InChI is InChI=1S/C22H23ClN3O2/c1-25(2)13-22(8-9-22)15-5-3-4-14(10-15)12-26-19(20(24)27)18-11-16(23)6-7-17(18)21(26)28/h3-6,10-11,19H,8-9,12-13H2,1-2H3,(H2,24,27). The van der Waals surface area contributed by atoms with E-state index in [4.69, 9.17) is 17.3 Å². The minimum Gasteiger partial charge on any atom is -0.368 e. The average molecular weight is 397 g/mol. The van der Waals surface area contributed by atoms with Crippen LogP contribution in [0.15, 0.2) is 36.4 Å². The van der Waals surface area contributed by atoms with Gasteiger partial charge in [-0.1, -0.05) is 35.9 Å². The maximum absolute atomic E-state index is 12.9. The van der Waals surface area contributed by atoms with Crippen molar-refractivity contribution >= 4 is 23.4 Å². The Kier molecular flexibility index (Phi) is 4.68. The molecule has 1 heterocycles. The molecule has 1 radical (unpaired) electrons. The zero-order valence-electron chi connectivity index (χ0n) is 16.0. The molecule has 2 amide bonds. The fourth-order valence-corrected chi connectivity index (χ4v) is 4.45. The summed E-state index contributed by atoms with van der Waals surface area (Å²) < 4.78 is 0. The number of carbonyl (C=O) groups excluding carboxylic acids is 2. The Morgan fingerprint density at radius 1 is 1.36 bits per heavy atom. The minimum absolute atomic E-state index is 0.196.